The monoisotopic (exact) mass is 176 g/mol. The normalized spacial score (nSPS) is 26.8. The van der Waals surface area contributed by atoms with Gasteiger partial charge in [0.15, 0.2) is 0 Å². The molecule has 2 nitrogen and oxygen atoms in total. The van der Waals surface area contributed by atoms with Crippen molar-refractivity contribution in [2.75, 3.05) is 13.6 Å². The van der Waals surface area contributed by atoms with E-state index < -0.39 is 0 Å². The van der Waals surface area contributed by atoms with Crippen molar-refractivity contribution >= 4 is 0 Å². The zero-order valence-corrected chi connectivity index (χ0v) is 8.03. The molecule has 0 bridgehead atoms. The number of nitrogens with one attached hydrogen (secondary N) is 1. The van der Waals surface area contributed by atoms with Gasteiger partial charge in [-0.2, -0.15) is 0 Å². The van der Waals surface area contributed by atoms with Gasteiger partial charge in [-0.15, -0.1) is 0 Å². The van der Waals surface area contributed by atoms with Gasteiger partial charge in [0.25, 0.3) is 0 Å². The van der Waals surface area contributed by atoms with Crippen molar-refractivity contribution in [1.82, 2.24) is 10.3 Å². The fourth-order valence-corrected chi connectivity index (χ4v) is 2.10. The van der Waals surface area contributed by atoms with E-state index in [9.17, 15) is 0 Å². The minimum Gasteiger partial charge on any atom is -0.319 e. The first-order valence-electron chi connectivity index (χ1n) is 4.94. The van der Waals surface area contributed by atoms with Gasteiger partial charge >= 0.3 is 0 Å². The molecule has 0 amide bonds. The van der Waals surface area contributed by atoms with Crippen molar-refractivity contribution < 1.29 is 0 Å². The number of rotatable bonds is 3. The Labute approximate surface area is 79.4 Å². The van der Waals surface area contributed by atoms with Gasteiger partial charge in [-0.3, -0.25) is 4.98 Å². The maximum absolute atomic E-state index is 4.03. The highest BCUT2D eigenvalue weighted by atomic mass is 14.8. The first-order chi connectivity index (χ1) is 6.40. The van der Waals surface area contributed by atoms with Crippen molar-refractivity contribution in [1.29, 1.82) is 0 Å². The van der Waals surface area contributed by atoms with Gasteiger partial charge in [-0.05, 0) is 56.0 Å². The molecule has 1 saturated carbocycles. The second-order valence-electron chi connectivity index (χ2n) is 3.87. The molecule has 1 aromatic heterocycles. The maximum Gasteiger partial charge on any atom is 0.0270 e. The summed E-state index contributed by atoms with van der Waals surface area (Å²) in [6.45, 7) is 1.17. The summed E-state index contributed by atoms with van der Waals surface area (Å²) in [4.78, 5) is 4.03. The van der Waals surface area contributed by atoms with Gasteiger partial charge in [0, 0.05) is 12.4 Å². The zero-order chi connectivity index (χ0) is 9.10. The first kappa shape index (κ1) is 8.70. The number of aromatic nitrogens is 1. The van der Waals surface area contributed by atoms with E-state index in [1.807, 2.05) is 19.4 Å². The van der Waals surface area contributed by atoms with Crippen LogP contribution in [0.15, 0.2) is 24.5 Å². The second-order valence-corrected chi connectivity index (χ2v) is 3.87. The highest BCUT2D eigenvalue weighted by molar-refractivity contribution is 5.18. The number of hydrogen-bond acceptors (Lipinski definition) is 2. The molecule has 0 aromatic carbocycles. The van der Waals surface area contributed by atoms with Crippen LogP contribution in [0.5, 0.6) is 0 Å². The standard InChI is InChI=1S/C11H16N2/c1-12-8-9-6-11(7-9)10-2-4-13-5-3-10/h2-5,9,11-12H,6-8H2,1H3. The Morgan fingerprint density at radius 2 is 2.08 bits per heavy atom. The first-order valence-corrected chi connectivity index (χ1v) is 4.94. The largest absolute Gasteiger partial charge is 0.319 e. The van der Waals surface area contributed by atoms with Crippen molar-refractivity contribution in [2.45, 2.75) is 18.8 Å². The topological polar surface area (TPSA) is 24.9 Å². The molecule has 0 spiro atoms. The SMILES string of the molecule is CNCC1CC(c2ccncc2)C1. The predicted molar refractivity (Wildman–Crippen MR) is 53.6 cm³/mol. The van der Waals surface area contributed by atoms with Crippen LogP contribution in [0.25, 0.3) is 0 Å². The molecular formula is C11H16N2. The zero-order valence-electron chi connectivity index (χ0n) is 8.03. The second kappa shape index (κ2) is 3.88. The molecule has 1 aromatic rings. The van der Waals surface area contributed by atoms with Crippen LogP contribution in [0.4, 0.5) is 0 Å². The molecule has 1 N–H and O–H groups in total. The molecule has 0 aliphatic heterocycles. The summed E-state index contributed by atoms with van der Waals surface area (Å²) in [5.74, 6) is 1.68. The van der Waals surface area contributed by atoms with Crippen LogP contribution < -0.4 is 5.32 Å². The van der Waals surface area contributed by atoms with Crippen LogP contribution in [0.2, 0.25) is 0 Å². The Morgan fingerprint density at radius 3 is 2.69 bits per heavy atom. The predicted octanol–water partition coefficient (Wildman–Crippen LogP) is 1.79. The molecular weight excluding hydrogens is 160 g/mol. The summed E-state index contributed by atoms with van der Waals surface area (Å²) < 4.78 is 0. The van der Waals surface area contributed by atoms with Crippen LogP contribution >= 0.6 is 0 Å². The molecule has 0 unspecified atom stereocenters. The molecule has 2 heteroatoms. The molecule has 0 atom stereocenters. The van der Waals surface area contributed by atoms with E-state index in [-0.39, 0.29) is 0 Å². The van der Waals surface area contributed by atoms with E-state index >= 15 is 0 Å². The molecule has 1 fully saturated rings. The smallest absolute Gasteiger partial charge is 0.0270 e. The molecule has 1 aliphatic carbocycles. The van der Waals surface area contributed by atoms with Gasteiger partial charge in [0.05, 0.1) is 0 Å². The number of pyridine rings is 1. The van der Waals surface area contributed by atoms with Crippen LogP contribution in [0.3, 0.4) is 0 Å². The number of hydrogen-bond donors (Lipinski definition) is 1. The van der Waals surface area contributed by atoms with E-state index in [1.54, 1.807) is 0 Å². The van der Waals surface area contributed by atoms with Crippen molar-refractivity contribution in [3.63, 3.8) is 0 Å². The molecule has 1 heterocycles. The Kier molecular flexibility index (Phi) is 2.60. The lowest BCUT2D eigenvalue weighted by atomic mass is 9.71. The lowest BCUT2D eigenvalue weighted by molar-refractivity contribution is 0.259. The highest BCUT2D eigenvalue weighted by Crippen LogP contribution is 2.40. The molecule has 70 valence electrons. The number of nitrogens with zero attached hydrogens (tertiary/aromatic N) is 1. The Bertz CT molecular complexity index is 252. The van der Waals surface area contributed by atoms with Gasteiger partial charge in [0.2, 0.25) is 0 Å². The van der Waals surface area contributed by atoms with Gasteiger partial charge < -0.3 is 5.32 Å². The third-order valence-electron chi connectivity index (χ3n) is 2.91. The molecule has 0 radical (unpaired) electrons. The fourth-order valence-electron chi connectivity index (χ4n) is 2.10. The summed E-state index contributed by atoms with van der Waals surface area (Å²) in [5, 5.41) is 3.23. The molecule has 1 aliphatic rings. The quantitative estimate of drug-likeness (QED) is 0.759. The van der Waals surface area contributed by atoms with E-state index in [0.717, 1.165) is 11.8 Å². The Balaban J connectivity index is 1.87. The van der Waals surface area contributed by atoms with Gasteiger partial charge in [-0.25, -0.2) is 0 Å². The third-order valence-corrected chi connectivity index (χ3v) is 2.91. The van der Waals surface area contributed by atoms with E-state index in [0.29, 0.717) is 0 Å². The minimum atomic E-state index is 0.793. The van der Waals surface area contributed by atoms with E-state index in [4.69, 9.17) is 0 Å². The van der Waals surface area contributed by atoms with Gasteiger partial charge in [0.1, 0.15) is 0 Å². The molecule has 13 heavy (non-hydrogen) atoms. The van der Waals surface area contributed by atoms with Gasteiger partial charge in [-0.1, -0.05) is 0 Å². The summed E-state index contributed by atoms with van der Waals surface area (Å²) in [5.41, 5.74) is 1.46. The van der Waals surface area contributed by atoms with Crippen molar-refractivity contribution in [3.05, 3.63) is 30.1 Å². The summed E-state index contributed by atoms with van der Waals surface area (Å²) in [6.07, 6.45) is 6.46. The Morgan fingerprint density at radius 1 is 1.38 bits per heavy atom. The minimum absolute atomic E-state index is 0.793. The summed E-state index contributed by atoms with van der Waals surface area (Å²) >= 11 is 0. The average Bonchev–Trinajstić information content (AvgIpc) is 2.12. The van der Waals surface area contributed by atoms with Crippen LogP contribution in [0, 0.1) is 5.92 Å². The maximum atomic E-state index is 4.03. The van der Waals surface area contributed by atoms with Crippen molar-refractivity contribution in [2.24, 2.45) is 5.92 Å². The highest BCUT2D eigenvalue weighted by Gasteiger charge is 2.29. The fraction of sp³-hybridized carbons (Fsp3) is 0.545. The van der Waals surface area contributed by atoms with E-state index in [1.165, 1.54) is 24.9 Å². The lowest BCUT2D eigenvalue weighted by Crippen LogP contribution is -2.30. The molecule has 2 rings (SSSR count). The third kappa shape index (κ3) is 1.89. The molecule has 0 saturated heterocycles. The summed E-state index contributed by atoms with van der Waals surface area (Å²) in [7, 11) is 2.03. The van der Waals surface area contributed by atoms with Crippen LogP contribution in [0.1, 0.15) is 24.3 Å². The van der Waals surface area contributed by atoms with Crippen LogP contribution in [-0.2, 0) is 0 Å². The van der Waals surface area contributed by atoms with Crippen LogP contribution in [-0.4, -0.2) is 18.6 Å². The Hall–Kier alpha value is -0.890. The van der Waals surface area contributed by atoms with E-state index in [2.05, 4.69) is 22.4 Å². The lowest BCUT2D eigenvalue weighted by Gasteiger charge is -2.35. The average molecular weight is 176 g/mol. The summed E-state index contributed by atoms with van der Waals surface area (Å²) in [6, 6.07) is 4.28. The van der Waals surface area contributed by atoms with Crippen molar-refractivity contribution in [3.8, 4) is 0 Å².